The van der Waals surface area contributed by atoms with E-state index in [0.717, 1.165) is 11.1 Å². The van der Waals surface area contributed by atoms with E-state index in [1.807, 2.05) is 30.3 Å². The number of carbonyl (C=O) groups is 2. The summed E-state index contributed by atoms with van der Waals surface area (Å²) in [5.74, 6) is -2.06. The van der Waals surface area contributed by atoms with Gasteiger partial charge in [-0.3, -0.25) is 14.4 Å². The smallest absolute Gasteiger partial charge is 0.307 e. The van der Waals surface area contributed by atoms with Gasteiger partial charge in [0.05, 0.1) is 18.4 Å². The molecule has 25 heavy (non-hydrogen) atoms. The highest BCUT2D eigenvalue weighted by Gasteiger charge is 2.41. The molecule has 1 aromatic carbocycles. The van der Waals surface area contributed by atoms with Gasteiger partial charge in [0.2, 0.25) is 5.91 Å². The van der Waals surface area contributed by atoms with Gasteiger partial charge in [-0.05, 0) is 30.0 Å². The van der Waals surface area contributed by atoms with Crippen molar-refractivity contribution >= 4 is 11.9 Å². The van der Waals surface area contributed by atoms with Crippen molar-refractivity contribution in [1.82, 2.24) is 9.88 Å². The molecule has 2 N–H and O–H groups in total. The van der Waals surface area contributed by atoms with E-state index in [-0.39, 0.29) is 11.5 Å². The molecule has 1 fully saturated rings. The highest BCUT2D eigenvalue weighted by atomic mass is 16.4. The number of amides is 1. The van der Waals surface area contributed by atoms with Gasteiger partial charge < -0.3 is 15.0 Å². The minimum Gasteiger partial charge on any atom is -0.481 e. The first-order chi connectivity index (χ1) is 12.0. The van der Waals surface area contributed by atoms with Crippen molar-refractivity contribution in [3.63, 3.8) is 0 Å². The van der Waals surface area contributed by atoms with E-state index in [0.29, 0.717) is 25.9 Å². The van der Waals surface area contributed by atoms with Crippen LogP contribution in [0.3, 0.4) is 0 Å². The molecule has 130 valence electrons. The molecule has 0 radical (unpaired) electrons. The SMILES string of the molecule is O=C(O)C1CCC1C(=O)NCc1ccc(Cn2ccccc2=O)cc1. The molecule has 0 saturated heterocycles. The van der Waals surface area contributed by atoms with Gasteiger partial charge >= 0.3 is 5.97 Å². The zero-order valence-corrected chi connectivity index (χ0v) is 13.7. The van der Waals surface area contributed by atoms with Crippen LogP contribution in [0.2, 0.25) is 0 Å². The predicted octanol–water partition coefficient (Wildman–Crippen LogP) is 1.62. The van der Waals surface area contributed by atoms with Crippen molar-refractivity contribution in [2.45, 2.75) is 25.9 Å². The van der Waals surface area contributed by atoms with Crippen LogP contribution in [-0.4, -0.2) is 21.6 Å². The molecule has 2 unspecified atom stereocenters. The predicted molar refractivity (Wildman–Crippen MR) is 91.9 cm³/mol. The largest absolute Gasteiger partial charge is 0.481 e. The summed E-state index contributed by atoms with van der Waals surface area (Å²) in [5.41, 5.74) is 1.88. The number of nitrogens with zero attached hydrogens (tertiary/aromatic N) is 1. The first-order valence-electron chi connectivity index (χ1n) is 8.28. The van der Waals surface area contributed by atoms with E-state index in [2.05, 4.69) is 5.32 Å². The fraction of sp³-hybridized carbons (Fsp3) is 0.316. The molecular formula is C19H20N2O4. The van der Waals surface area contributed by atoms with Crippen LogP contribution in [0.15, 0.2) is 53.5 Å². The van der Waals surface area contributed by atoms with Crippen LogP contribution in [0.25, 0.3) is 0 Å². The molecule has 1 aromatic heterocycles. The average Bonchev–Trinajstić information content (AvgIpc) is 2.55. The molecule has 3 rings (SSSR count). The van der Waals surface area contributed by atoms with Gasteiger partial charge in [0.1, 0.15) is 0 Å². The second kappa shape index (κ2) is 7.34. The zero-order chi connectivity index (χ0) is 17.8. The normalized spacial score (nSPS) is 19.0. The first kappa shape index (κ1) is 17.0. The number of hydrogen-bond donors (Lipinski definition) is 2. The van der Waals surface area contributed by atoms with Crippen LogP contribution in [-0.2, 0) is 22.7 Å². The van der Waals surface area contributed by atoms with E-state index < -0.39 is 17.8 Å². The summed E-state index contributed by atoms with van der Waals surface area (Å²) in [6.07, 6.45) is 2.95. The van der Waals surface area contributed by atoms with Crippen LogP contribution in [0.4, 0.5) is 0 Å². The van der Waals surface area contributed by atoms with Crippen molar-refractivity contribution < 1.29 is 14.7 Å². The van der Waals surface area contributed by atoms with Gasteiger partial charge in [0.15, 0.2) is 0 Å². The third-order valence-corrected chi connectivity index (χ3v) is 4.67. The number of carboxylic acids is 1. The number of rotatable bonds is 6. The molecule has 0 aliphatic heterocycles. The van der Waals surface area contributed by atoms with Crippen LogP contribution in [0, 0.1) is 11.8 Å². The molecule has 1 saturated carbocycles. The van der Waals surface area contributed by atoms with Crippen LogP contribution in [0.5, 0.6) is 0 Å². The van der Waals surface area contributed by atoms with Crippen molar-refractivity contribution in [2.24, 2.45) is 11.8 Å². The molecule has 2 aromatic rings. The average molecular weight is 340 g/mol. The number of nitrogens with one attached hydrogen (secondary N) is 1. The minimum atomic E-state index is -0.896. The van der Waals surface area contributed by atoms with Crippen molar-refractivity contribution in [2.75, 3.05) is 0 Å². The summed E-state index contributed by atoms with van der Waals surface area (Å²) in [7, 11) is 0. The first-order valence-corrected chi connectivity index (χ1v) is 8.28. The quantitative estimate of drug-likeness (QED) is 0.836. The summed E-state index contributed by atoms with van der Waals surface area (Å²) < 4.78 is 1.62. The Kier molecular flexibility index (Phi) is 4.97. The second-order valence-electron chi connectivity index (χ2n) is 6.33. The Morgan fingerprint density at radius 2 is 1.72 bits per heavy atom. The lowest BCUT2D eigenvalue weighted by atomic mass is 9.73. The van der Waals surface area contributed by atoms with E-state index in [9.17, 15) is 14.4 Å². The maximum absolute atomic E-state index is 12.0. The molecule has 1 amide bonds. The molecule has 1 aliphatic carbocycles. The molecule has 6 nitrogen and oxygen atoms in total. The van der Waals surface area contributed by atoms with E-state index in [4.69, 9.17) is 5.11 Å². The number of aromatic nitrogens is 1. The van der Waals surface area contributed by atoms with Gasteiger partial charge in [0, 0.05) is 18.8 Å². The van der Waals surface area contributed by atoms with E-state index in [1.54, 1.807) is 16.8 Å². The number of pyridine rings is 1. The number of hydrogen-bond acceptors (Lipinski definition) is 3. The molecule has 2 atom stereocenters. The fourth-order valence-electron chi connectivity index (χ4n) is 2.98. The highest BCUT2D eigenvalue weighted by molar-refractivity contribution is 5.86. The lowest BCUT2D eigenvalue weighted by Crippen LogP contribution is -2.43. The summed E-state index contributed by atoms with van der Waals surface area (Å²) in [5, 5.41) is 11.8. The number of aliphatic carboxylic acids is 1. The Bertz CT molecular complexity index is 826. The topological polar surface area (TPSA) is 88.4 Å². The number of benzene rings is 1. The summed E-state index contributed by atoms with van der Waals surface area (Å²) >= 11 is 0. The van der Waals surface area contributed by atoms with Gasteiger partial charge in [-0.25, -0.2) is 0 Å². The second-order valence-corrected chi connectivity index (χ2v) is 6.33. The summed E-state index contributed by atoms with van der Waals surface area (Å²) in [6.45, 7) is 0.863. The molecule has 6 heteroatoms. The van der Waals surface area contributed by atoms with Crippen LogP contribution < -0.4 is 10.9 Å². The molecule has 0 bridgehead atoms. The molecular weight excluding hydrogens is 320 g/mol. The number of carboxylic acid groups (broad SMARTS) is 1. The minimum absolute atomic E-state index is 0.0488. The van der Waals surface area contributed by atoms with E-state index >= 15 is 0 Å². The molecule has 0 spiro atoms. The van der Waals surface area contributed by atoms with Crippen molar-refractivity contribution in [3.8, 4) is 0 Å². The monoisotopic (exact) mass is 340 g/mol. The Labute approximate surface area is 145 Å². The van der Waals surface area contributed by atoms with Crippen LogP contribution in [0.1, 0.15) is 24.0 Å². The zero-order valence-electron chi connectivity index (χ0n) is 13.7. The summed E-state index contributed by atoms with van der Waals surface area (Å²) in [6, 6.07) is 12.7. The number of carbonyl (C=O) groups excluding carboxylic acids is 1. The fourth-order valence-corrected chi connectivity index (χ4v) is 2.98. The Hall–Kier alpha value is -2.89. The van der Waals surface area contributed by atoms with Crippen molar-refractivity contribution in [3.05, 3.63) is 70.1 Å². The molecule has 1 aliphatic rings. The Morgan fingerprint density at radius 3 is 2.32 bits per heavy atom. The van der Waals surface area contributed by atoms with Crippen LogP contribution >= 0.6 is 0 Å². The highest BCUT2D eigenvalue weighted by Crippen LogP contribution is 2.34. The Morgan fingerprint density at radius 1 is 1.04 bits per heavy atom. The molecule has 1 heterocycles. The van der Waals surface area contributed by atoms with Gasteiger partial charge in [-0.1, -0.05) is 30.3 Å². The lowest BCUT2D eigenvalue weighted by molar-refractivity contribution is -0.152. The van der Waals surface area contributed by atoms with Crippen molar-refractivity contribution in [1.29, 1.82) is 0 Å². The van der Waals surface area contributed by atoms with Gasteiger partial charge in [-0.2, -0.15) is 0 Å². The van der Waals surface area contributed by atoms with Gasteiger partial charge in [0.25, 0.3) is 5.56 Å². The summed E-state index contributed by atoms with van der Waals surface area (Å²) in [4.78, 5) is 34.7. The third-order valence-electron chi connectivity index (χ3n) is 4.67. The standard InChI is InChI=1S/C19H20N2O4/c22-17-3-1-2-10-21(17)12-14-6-4-13(5-7-14)11-20-18(23)15-8-9-16(15)19(24)25/h1-7,10,15-16H,8-9,11-12H2,(H,20,23)(H,24,25). The lowest BCUT2D eigenvalue weighted by Gasteiger charge is -2.31. The van der Waals surface area contributed by atoms with Gasteiger partial charge in [-0.15, -0.1) is 0 Å². The maximum Gasteiger partial charge on any atom is 0.307 e. The third kappa shape index (κ3) is 3.96. The maximum atomic E-state index is 12.0. The Balaban J connectivity index is 1.54. The van der Waals surface area contributed by atoms with E-state index in [1.165, 1.54) is 6.07 Å².